The number of sulfonamides is 1. The van der Waals surface area contributed by atoms with Crippen molar-refractivity contribution in [1.82, 2.24) is 15.2 Å². The Hall–Kier alpha value is -2.91. The maximum atomic E-state index is 12.1. The minimum atomic E-state index is -3.61. The van der Waals surface area contributed by atoms with Crippen molar-refractivity contribution >= 4 is 15.9 Å². The van der Waals surface area contributed by atoms with E-state index >= 15 is 0 Å². The third-order valence-corrected chi connectivity index (χ3v) is 5.02. The topological polar surface area (TPSA) is 114 Å². The molecule has 0 fully saturated rings. The number of amides is 1. The summed E-state index contributed by atoms with van der Waals surface area (Å²) in [5.74, 6) is 0.323. The SMILES string of the molecule is Cc1ccc(S(=O)(=O)NCCNC(=O)c2cc(-c3ccco3)on2)cc1. The molecule has 9 heteroatoms. The van der Waals surface area contributed by atoms with E-state index in [1.807, 2.05) is 6.92 Å². The molecule has 3 aromatic rings. The molecule has 136 valence electrons. The number of nitrogens with one attached hydrogen (secondary N) is 2. The zero-order chi connectivity index (χ0) is 18.6. The first-order valence-electron chi connectivity index (χ1n) is 7.81. The molecule has 8 nitrogen and oxygen atoms in total. The Morgan fingerprint density at radius 3 is 2.58 bits per heavy atom. The molecule has 0 aliphatic carbocycles. The summed E-state index contributed by atoms with van der Waals surface area (Å²) in [6.07, 6.45) is 1.48. The van der Waals surface area contributed by atoms with Gasteiger partial charge in [-0.2, -0.15) is 0 Å². The van der Waals surface area contributed by atoms with Crippen LogP contribution in [0.3, 0.4) is 0 Å². The van der Waals surface area contributed by atoms with E-state index in [4.69, 9.17) is 8.94 Å². The highest BCUT2D eigenvalue weighted by Gasteiger charge is 2.16. The molecule has 0 aliphatic rings. The first-order valence-corrected chi connectivity index (χ1v) is 9.29. The second-order valence-corrected chi connectivity index (χ2v) is 7.29. The van der Waals surface area contributed by atoms with Crippen LogP contribution >= 0.6 is 0 Å². The van der Waals surface area contributed by atoms with Crippen molar-refractivity contribution < 1.29 is 22.2 Å². The Kier molecular flexibility index (Phi) is 5.19. The van der Waals surface area contributed by atoms with Gasteiger partial charge in [0.25, 0.3) is 5.91 Å². The van der Waals surface area contributed by atoms with E-state index in [1.54, 1.807) is 24.3 Å². The quantitative estimate of drug-likeness (QED) is 0.610. The van der Waals surface area contributed by atoms with E-state index in [0.29, 0.717) is 11.5 Å². The van der Waals surface area contributed by atoms with Gasteiger partial charge < -0.3 is 14.3 Å². The number of nitrogens with zero attached hydrogens (tertiary/aromatic N) is 1. The lowest BCUT2D eigenvalue weighted by Gasteiger charge is -2.07. The van der Waals surface area contributed by atoms with Gasteiger partial charge in [-0.3, -0.25) is 4.79 Å². The van der Waals surface area contributed by atoms with E-state index in [0.717, 1.165) is 5.56 Å². The van der Waals surface area contributed by atoms with Gasteiger partial charge >= 0.3 is 0 Å². The van der Waals surface area contributed by atoms with E-state index in [-0.39, 0.29) is 23.7 Å². The van der Waals surface area contributed by atoms with Crippen molar-refractivity contribution in [2.45, 2.75) is 11.8 Å². The van der Waals surface area contributed by atoms with Crippen molar-refractivity contribution in [1.29, 1.82) is 0 Å². The van der Waals surface area contributed by atoms with E-state index in [9.17, 15) is 13.2 Å². The summed E-state index contributed by atoms with van der Waals surface area (Å²) in [5.41, 5.74) is 1.05. The van der Waals surface area contributed by atoms with E-state index in [1.165, 1.54) is 24.5 Å². The number of aromatic nitrogens is 1. The van der Waals surface area contributed by atoms with Gasteiger partial charge in [0.05, 0.1) is 11.2 Å². The summed E-state index contributed by atoms with van der Waals surface area (Å²) in [6, 6.07) is 11.3. The molecular formula is C17H17N3O5S. The number of aryl methyl sites for hydroxylation is 1. The average Bonchev–Trinajstić information content (AvgIpc) is 3.30. The molecule has 0 unspecified atom stereocenters. The van der Waals surface area contributed by atoms with Crippen LogP contribution in [0.1, 0.15) is 16.1 Å². The van der Waals surface area contributed by atoms with Crippen LogP contribution in [-0.2, 0) is 10.0 Å². The molecule has 3 rings (SSSR count). The number of furan rings is 1. The summed E-state index contributed by atoms with van der Waals surface area (Å²) in [4.78, 5) is 12.2. The third-order valence-electron chi connectivity index (χ3n) is 3.54. The molecule has 0 spiro atoms. The predicted molar refractivity (Wildman–Crippen MR) is 92.9 cm³/mol. The van der Waals surface area contributed by atoms with Crippen molar-refractivity contribution in [3.8, 4) is 11.5 Å². The second-order valence-electron chi connectivity index (χ2n) is 5.52. The van der Waals surface area contributed by atoms with Crippen LogP contribution in [-0.4, -0.2) is 32.6 Å². The summed E-state index contributed by atoms with van der Waals surface area (Å²) >= 11 is 0. The minimum Gasteiger partial charge on any atom is -0.461 e. The van der Waals surface area contributed by atoms with Gasteiger partial charge in [-0.25, -0.2) is 13.1 Å². The highest BCUT2D eigenvalue weighted by Crippen LogP contribution is 2.20. The number of carbonyl (C=O) groups excluding carboxylic acids is 1. The molecule has 2 N–H and O–H groups in total. The van der Waals surface area contributed by atoms with Crippen LogP contribution in [0.4, 0.5) is 0 Å². The fraction of sp³-hybridized carbons (Fsp3) is 0.176. The molecule has 0 saturated heterocycles. The van der Waals surface area contributed by atoms with Gasteiger partial charge in [0.2, 0.25) is 15.8 Å². The van der Waals surface area contributed by atoms with E-state index < -0.39 is 15.9 Å². The maximum absolute atomic E-state index is 12.1. The lowest BCUT2D eigenvalue weighted by molar-refractivity contribution is 0.0945. The summed E-state index contributed by atoms with van der Waals surface area (Å²) < 4.78 is 36.9. The van der Waals surface area contributed by atoms with Crippen LogP contribution in [0.25, 0.3) is 11.5 Å². The molecule has 1 amide bonds. The molecule has 0 bridgehead atoms. The summed E-state index contributed by atoms with van der Waals surface area (Å²) in [7, 11) is -3.61. The zero-order valence-electron chi connectivity index (χ0n) is 13.9. The number of carbonyl (C=O) groups is 1. The fourth-order valence-electron chi connectivity index (χ4n) is 2.17. The Labute approximate surface area is 150 Å². The van der Waals surface area contributed by atoms with Crippen molar-refractivity contribution in [3.63, 3.8) is 0 Å². The van der Waals surface area contributed by atoms with Crippen LogP contribution in [0, 0.1) is 6.92 Å². The van der Waals surface area contributed by atoms with Gasteiger partial charge in [0.15, 0.2) is 11.5 Å². The molecule has 2 aromatic heterocycles. The zero-order valence-corrected chi connectivity index (χ0v) is 14.7. The minimum absolute atomic E-state index is 0.0465. The van der Waals surface area contributed by atoms with Crippen LogP contribution < -0.4 is 10.0 Å². The normalized spacial score (nSPS) is 11.4. The van der Waals surface area contributed by atoms with Crippen molar-refractivity contribution in [3.05, 3.63) is 60.0 Å². The Morgan fingerprint density at radius 2 is 1.88 bits per heavy atom. The van der Waals surface area contributed by atoms with Crippen molar-refractivity contribution in [2.24, 2.45) is 0 Å². The lowest BCUT2D eigenvalue weighted by atomic mass is 10.2. The number of hydrogen-bond donors (Lipinski definition) is 2. The lowest BCUT2D eigenvalue weighted by Crippen LogP contribution is -2.34. The first-order chi connectivity index (χ1) is 12.5. The molecule has 2 heterocycles. The Balaban J connectivity index is 1.50. The largest absolute Gasteiger partial charge is 0.461 e. The van der Waals surface area contributed by atoms with Gasteiger partial charge in [-0.15, -0.1) is 0 Å². The fourth-order valence-corrected chi connectivity index (χ4v) is 3.20. The number of hydrogen-bond acceptors (Lipinski definition) is 6. The van der Waals surface area contributed by atoms with Crippen molar-refractivity contribution in [2.75, 3.05) is 13.1 Å². The maximum Gasteiger partial charge on any atom is 0.273 e. The van der Waals surface area contributed by atoms with Crippen LogP contribution in [0.2, 0.25) is 0 Å². The average molecular weight is 375 g/mol. The van der Waals surface area contributed by atoms with Crippen LogP contribution in [0.5, 0.6) is 0 Å². The van der Waals surface area contributed by atoms with Gasteiger partial charge in [0.1, 0.15) is 0 Å². The monoisotopic (exact) mass is 375 g/mol. The predicted octanol–water partition coefficient (Wildman–Crippen LogP) is 1.95. The second kappa shape index (κ2) is 7.54. The molecular weight excluding hydrogens is 358 g/mol. The van der Waals surface area contributed by atoms with Gasteiger partial charge in [-0.05, 0) is 31.2 Å². The molecule has 26 heavy (non-hydrogen) atoms. The number of rotatable bonds is 7. The highest BCUT2D eigenvalue weighted by atomic mass is 32.2. The van der Waals surface area contributed by atoms with Crippen LogP contribution in [0.15, 0.2) is 62.6 Å². The smallest absolute Gasteiger partial charge is 0.273 e. The highest BCUT2D eigenvalue weighted by molar-refractivity contribution is 7.89. The van der Waals surface area contributed by atoms with E-state index in [2.05, 4.69) is 15.2 Å². The van der Waals surface area contributed by atoms with Gasteiger partial charge in [-0.1, -0.05) is 22.9 Å². The van der Waals surface area contributed by atoms with Gasteiger partial charge in [0, 0.05) is 19.2 Å². The Morgan fingerprint density at radius 1 is 1.12 bits per heavy atom. The molecule has 0 aliphatic heterocycles. The molecule has 0 saturated carbocycles. The number of benzene rings is 1. The summed E-state index contributed by atoms with van der Waals surface area (Å²) in [5, 5.41) is 6.24. The molecule has 0 atom stereocenters. The first kappa shape index (κ1) is 17.9. The molecule has 1 aromatic carbocycles. The molecule has 0 radical (unpaired) electrons. The Bertz CT molecular complexity index is 976. The third kappa shape index (κ3) is 4.19. The standard InChI is InChI=1S/C17H17N3O5S/c1-12-4-6-13(7-5-12)26(22,23)19-9-8-18-17(21)14-11-16(25-20-14)15-3-2-10-24-15/h2-7,10-11,19H,8-9H2,1H3,(H,18,21). The summed E-state index contributed by atoms with van der Waals surface area (Å²) in [6.45, 7) is 2.03.